The van der Waals surface area contributed by atoms with Gasteiger partial charge in [0.1, 0.15) is 5.75 Å². The summed E-state index contributed by atoms with van der Waals surface area (Å²) in [5.41, 5.74) is 6.35. The van der Waals surface area contributed by atoms with Gasteiger partial charge in [0.15, 0.2) is 6.10 Å². The largest absolute Gasteiger partial charge is 0.481 e. The number of carbonyl (C=O) groups excluding carboxylic acids is 1. The summed E-state index contributed by atoms with van der Waals surface area (Å²) in [5, 5.41) is 3.13. The number of hydrogen-bond acceptors (Lipinski definition) is 2. The van der Waals surface area contributed by atoms with Crippen LogP contribution in [0.15, 0.2) is 36.4 Å². The fourth-order valence-electron chi connectivity index (χ4n) is 3.88. The Labute approximate surface area is 163 Å². The molecule has 0 saturated heterocycles. The Bertz CT molecular complexity index is 812. The molecule has 0 aliphatic heterocycles. The van der Waals surface area contributed by atoms with Crippen molar-refractivity contribution in [2.24, 2.45) is 0 Å². The van der Waals surface area contributed by atoms with Crippen LogP contribution in [-0.4, -0.2) is 12.0 Å². The minimum absolute atomic E-state index is 0.0430. The van der Waals surface area contributed by atoms with Crippen molar-refractivity contribution < 1.29 is 9.53 Å². The van der Waals surface area contributed by atoms with Gasteiger partial charge in [-0.05, 0) is 87.3 Å². The number of hydrogen-bond donors (Lipinski definition) is 1. The number of amides is 1. The van der Waals surface area contributed by atoms with Crippen molar-refractivity contribution in [3.05, 3.63) is 64.2 Å². The Morgan fingerprint density at radius 3 is 2.56 bits per heavy atom. The fraction of sp³-hybridized carbons (Fsp3) is 0.458. The third kappa shape index (κ3) is 4.71. The molecule has 0 unspecified atom stereocenters. The lowest BCUT2D eigenvalue weighted by Crippen LogP contribution is -2.39. The smallest absolute Gasteiger partial charge is 0.261 e. The highest BCUT2D eigenvalue weighted by atomic mass is 16.5. The van der Waals surface area contributed by atoms with Crippen molar-refractivity contribution in [2.75, 3.05) is 0 Å². The number of fused-ring (bicyclic) bond motifs is 1. The summed E-state index contributed by atoms with van der Waals surface area (Å²) in [5.74, 6) is 0.751. The molecule has 0 radical (unpaired) electrons. The first-order valence-corrected chi connectivity index (χ1v) is 10.1. The van der Waals surface area contributed by atoms with Gasteiger partial charge in [-0.1, -0.05) is 36.8 Å². The van der Waals surface area contributed by atoms with Gasteiger partial charge in [-0.25, -0.2) is 0 Å². The Kier molecular flexibility index (Phi) is 6.20. The minimum atomic E-state index is -0.473. The maximum absolute atomic E-state index is 12.8. The highest BCUT2D eigenvalue weighted by Crippen LogP contribution is 2.26. The first kappa shape index (κ1) is 19.5. The highest BCUT2D eigenvalue weighted by Gasteiger charge is 2.22. The second-order valence-corrected chi connectivity index (χ2v) is 7.74. The van der Waals surface area contributed by atoms with E-state index in [1.54, 1.807) is 0 Å². The zero-order valence-corrected chi connectivity index (χ0v) is 17.0. The van der Waals surface area contributed by atoms with Gasteiger partial charge in [0, 0.05) is 0 Å². The molecule has 27 heavy (non-hydrogen) atoms. The van der Waals surface area contributed by atoms with Crippen molar-refractivity contribution in [2.45, 2.75) is 71.9 Å². The molecule has 0 aromatic heterocycles. The first-order chi connectivity index (χ1) is 13.0. The predicted octanol–water partition coefficient (Wildman–Crippen LogP) is 5.22. The number of carbonyl (C=O) groups is 1. The summed E-state index contributed by atoms with van der Waals surface area (Å²) in [7, 11) is 0. The SMILES string of the molecule is CC[C@H](Oc1ccc2c(c1)CCCC2)C(=O)N[C@H](C)c1cc(C)ccc1C. The Morgan fingerprint density at radius 2 is 1.81 bits per heavy atom. The lowest BCUT2D eigenvalue weighted by Gasteiger charge is -2.23. The molecule has 3 heteroatoms. The number of nitrogens with one attached hydrogen (secondary N) is 1. The predicted molar refractivity (Wildman–Crippen MR) is 110 cm³/mol. The summed E-state index contributed by atoms with van der Waals surface area (Å²) in [4.78, 5) is 12.8. The van der Waals surface area contributed by atoms with E-state index in [0.29, 0.717) is 6.42 Å². The minimum Gasteiger partial charge on any atom is -0.481 e. The molecular formula is C24H31NO2. The van der Waals surface area contributed by atoms with Crippen LogP contribution in [0.3, 0.4) is 0 Å². The molecule has 144 valence electrons. The number of aryl methyl sites for hydroxylation is 4. The molecule has 1 aliphatic rings. The zero-order chi connectivity index (χ0) is 19.4. The molecule has 0 fully saturated rings. The number of benzene rings is 2. The standard InChI is InChI=1S/C24H31NO2/c1-5-23(27-21-13-12-19-8-6-7-9-20(19)15-21)24(26)25-18(4)22-14-16(2)10-11-17(22)3/h10-15,18,23H,5-9H2,1-4H3,(H,25,26)/t18-,23+/m1/s1. The molecule has 0 saturated carbocycles. The molecular weight excluding hydrogens is 334 g/mol. The van der Waals surface area contributed by atoms with E-state index < -0.39 is 6.10 Å². The van der Waals surface area contributed by atoms with Gasteiger partial charge in [-0.3, -0.25) is 4.79 Å². The number of rotatable bonds is 6. The molecule has 1 N–H and O–H groups in total. The van der Waals surface area contributed by atoms with Crippen molar-refractivity contribution in [1.29, 1.82) is 0 Å². The van der Waals surface area contributed by atoms with Gasteiger partial charge < -0.3 is 10.1 Å². The van der Waals surface area contributed by atoms with Crippen LogP contribution >= 0.6 is 0 Å². The van der Waals surface area contributed by atoms with E-state index in [1.807, 2.05) is 19.9 Å². The Balaban J connectivity index is 1.68. The van der Waals surface area contributed by atoms with Gasteiger partial charge >= 0.3 is 0 Å². The van der Waals surface area contributed by atoms with Gasteiger partial charge in [-0.2, -0.15) is 0 Å². The van der Waals surface area contributed by atoms with E-state index >= 15 is 0 Å². The van der Waals surface area contributed by atoms with Crippen LogP contribution in [0.1, 0.15) is 67.0 Å². The summed E-state index contributed by atoms with van der Waals surface area (Å²) in [6.45, 7) is 8.18. The van der Waals surface area contributed by atoms with Gasteiger partial charge in [-0.15, -0.1) is 0 Å². The first-order valence-electron chi connectivity index (χ1n) is 10.1. The summed E-state index contributed by atoms with van der Waals surface area (Å²) in [6.07, 6.45) is 4.94. The summed E-state index contributed by atoms with van der Waals surface area (Å²) >= 11 is 0. The third-order valence-corrected chi connectivity index (χ3v) is 5.52. The third-order valence-electron chi connectivity index (χ3n) is 5.52. The second kappa shape index (κ2) is 8.60. The summed E-state index contributed by atoms with van der Waals surface area (Å²) in [6, 6.07) is 12.6. The lowest BCUT2D eigenvalue weighted by atomic mass is 9.92. The van der Waals surface area contributed by atoms with Crippen molar-refractivity contribution in [3.8, 4) is 5.75 Å². The van der Waals surface area contributed by atoms with Crippen LogP contribution in [0.25, 0.3) is 0 Å². The molecule has 0 bridgehead atoms. The maximum atomic E-state index is 12.8. The Morgan fingerprint density at radius 1 is 1.07 bits per heavy atom. The van der Waals surface area contributed by atoms with Crippen molar-refractivity contribution >= 4 is 5.91 Å². The van der Waals surface area contributed by atoms with Gasteiger partial charge in [0.25, 0.3) is 5.91 Å². The van der Waals surface area contributed by atoms with E-state index in [2.05, 4.69) is 49.5 Å². The van der Waals surface area contributed by atoms with Crippen molar-refractivity contribution in [1.82, 2.24) is 5.32 Å². The molecule has 1 aliphatic carbocycles. The van der Waals surface area contributed by atoms with Gasteiger partial charge in [0.05, 0.1) is 6.04 Å². The van der Waals surface area contributed by atoms with Crippen LogP contribution < -0.4 is 10.1 Å². The lowest BCUT2D eigenvalue weighted by molar-refractivity contribution is -0.128. The van der Waals surface area contributed by atoms with Crippen LogP contribution in [0, 0.1) is 13.8 Å². The highest BCUT2D eigenvalue weighted by molar-refractivity contribution is 5.81. The molecule has 2 aromatic rings. The van der Waals surface area contributed by atoms with Crippen LogP contribution in [0.5, 0.6) is 5.75 Å². The molecule has 3 nitrogen and oxygen atoms in total. The number of ether oxygens (including phenoxy) is 1. The van der Waals surface area contributed by atoms with Crippen LogP contribution in [0.4, 0.5) is 0 Å². The quantitative estimate of drug-likeness (QED) is 0.762. The normalized spacial score (nSPS) is 15.6. The zero-order valence-electron chi connectivity index (χ0n) is 17.0. The van der Waals surface area contributed by atoms with E-state index in [0.717, 1.165) is 24.2 Å². The topological polar surface area (TPSA) is 38.3 Å². The van der Waals surface area contributed by atoms with E-state index in [-0.39, 0.29) is 11.9 Å². The monoisotopic (exact) mass is 365 g/mol. The fourth-order valence-corrected chi connectivity index (χ4v) is 3.88. The van der Waals surface area contributed by atoms with Crippen LogP contribution in [0.2, 0.25) is 0 Å². The second-order valence-electron chi connectivity index (χ2n) is 7.74. The molecule has 2 aromatic carbocycles. The van der Waals surface area contributed by atoms with Crippen molar-refractivity contribution in [3.63, 3.8) is 0 Å². The van der Waals surface area contributed by atoms with Crippen LogP contribution in [-0.2, 0) is 17.6 Å². The van der Waals surface area contributed by atoms with E-state index in [9.17, 15) is 4.79 Å². The molecule has 0 heterocycles. The average molecular weight is 366 g/mol. The Hall–Kier alpha value is -2.29. The summed E-state index contributed by atoms with van der Waals surface area (Å²) < 4.78 is 6.07. The van der Waals surface area contributed by atoms with E-state index in [4.69, 9.17) is 4.74 Å². The maximum Gasteiger partial charge on any atom is 0.261 e. The molecule has 1 amide bonds. The van der Waals surface area contributed by atoms with E-state index in [1.165, 1.54) is 35.1 Å². The average Bonchev–Trinajstić information content (AvgIpc) is 2.67. The molecule has 2 atom stereocenters. The molecule has 0 spiro atoms. The van der Waals surface area contributed by atoms with Gasteiger partial charge in [0.2, 0.25) is 0 Å². The molecule has 3 rings (SSSR count).